The van der Waals surface area contributed by atoms with E-state index in [0.29, 0.717) is 11.5 Å². The normalized spacial score (nSPS) is 22.8. The minimum atomic E-state index is 0.439. The second-order valence-corrected chi connectivity index (χ2v) is 6.61. The van der Waals surface area contributed by atoms with Gasteiger partial charge in [-0.3, -0.25) is 0 Å². The fourth-order valence-electron chi connectivity index (χ4n) is 3.30. The van der Waals surface area contributed by atoms with E-state index in [9.17, 15) is 5.26 Å². The van der Waals surface area contributed by atoms with E-state index in [-0.39, 0.29) is 0 Å². The van der Waals surface area contributed by atoms with Crippen molar-refractivity contribution in [2.45, 2.75) is 13.3 Å². The van der Waals surface area contributed by atoms with Crippen molar-refractivity contribution in [3.8, 4) is 6.07 Å². The number of allylic oxidation sites excluding steroid dienone is 7. The van der Waals surface area contributed by atoms with Crippen LogP contribution in [0, 0.1) is 17.2 Å². The van der Waals surface area contributed by atoms with Gasteiger partial charge in [0.2, 0.25) is 0 Å². The minimum absolute atomic E-state index is 0.439. The number of rotatable bonds is 2. The second kappa shape index (κ2) is 6.03. The summed E-state index contributed by atoms with van der Waals surface area (Å²) in [6.07, 6.45) is 19.6. The molecule has 1 aliphatic carbocycles. The van der Waals surface area contributed by atoms with Gasteiger partial charge in [-0.25, -0.2) is 9.09 Å². The van der Waals surface area contributed by atoms with E-state index in [1.807, 2.05) is 22.3 Å². The van der Waals surface area contributed by atoms with Gasteiger partial charge >= 0.3 is 0 Å². The van der Waals surface area contributed by atoms with Gasteiger partial charge in [0.05, 0.1) is 17.3 Å². The third-order valence-corrected chi connectivity index (χ3v) is 4.56. The molecule has 2 aromatic heterocycles. The van der Waals surface area contributed by atoms with Gasteiger partial charge < -0.3 is 0 Å². The summed E-state index contributed by atoms with van der Waals surface area (Å²) in [7, 11) is 2.01. The fourth-order valence-corrected chi connectivity index (χ4v) is 3.30. The van der Waals surface area contributed by atoms with Crippen molar-refractivity contribution in [3.05, 3.63) is 71.7 Å². The molecule has 0 fully saturated rings. The van der Waals surface area contributed by atoms with Crippen LogP contribution in [0.1, 0.15) is 30.0 Å². The summed E-state index contributed by atoms with van der Waals surface area (Å²) in [5.74, 6) is 0.439. The molecule has 4 rings (SSSR count). The molecule has 1 unspecified atom stereocenters. The van der Waals surface area contributed by atoms with Crippen molar-refractivity contribution in [3.63, 3.8) is 0 Å². The molecule has 2 aromatic rings. The molecule has 3 heterocycles. The van der Waals surface area contributed by atoms with Crippen LogP contribution < -0.4 is 0 Å². The first-order valence-corrected chi connectivity index (χ1v) is 8.41. The zero-order chi connectivity index (χ0) is 17.4. The van der Waals surface area contributed by atoms with E-state index in [1.54, 1.807) is 6.20 Å². The van der Waals surface area contributed by atoms with Crippen molar-refractivity contribution in [1.29, 1.82) is 5.26 Å². The van der Waals surface area contributed by atoms with E-state index >= 15 is 0 Å². The van der Waals surface area contributed by atoms with Crippen molar-refractivity contribution in [2.24, 2.45) is 5.92 Å². The van der Waals surface area contributed by atoms with E-state index in [1.165, 1.54) is 5.57 Å². The largest absolute Gasteiger partial charge is 0.238 e. The maximum Gasteiger partial charge on any atom is 0.182 e. The smallest absolute Gasteiger partial charge is 0.182 e. The van der Waals surface area contributed by atoms with Gasteiger partial charge in [0.1, 0.15) is 18.7 Å². The first-order chi connectivity index (χ1) is 12.2. The lowest BCUT2D eigenvalue weighted by Gasteiger charge is -2.14. The molecule has 4 heteroatoms. The monoisotopic (exact) mass is 327 g/mol. The molecule has 25 heavy (non-hydrogen) atoms. The predicted molar refractivity (Wildman–Crippen MR) is 100 cm³/mol. The maximum atomic E-state index is 9.49. The molecule has 0 saturated carbocycles. The summed E-state index contributed by atoms with van der Waals surface area (Å²) in [4.78, 5) is 0. The average Bonchev–Trinajstić information content (AvgIpc) is 2.97. The first-order valence-electron chi connectivity index (χ1n) is 8.41. The number of nitrogens with zero attached hydrogens (tertiary/aromatic N) is 4. The molecule has 0 radical (unpaired) electrons. The lowest BCUT2D eigenvalue weighted by atomic mass is 9.93. The van der Waals surface area contributed by atoms with Gasteiger partial charge in [-0.2, -0.15) is 10.4 Å². The summed E-state index contributed by atoms with van der Waals surface area (Å²) >= 11 is 0. The molecule has 122 valence electrons. The lowest BCUT2D eigenvalue weighted by molar-refractivity contribution is -0.423. The van der Waals surface area contributed by atoms with Crippen LogP contribution in [0.2, 0.25) is 0 Å². The summed E-state index contributed by atoms with van der Waals surface area (Å²) in [5.41, 5.74) is 5.93. The molecule has 1 atom stereocenters. The van der Waals surface area contributed by atoms with Gasteiger partial charge in [0, 0.05) is 17.3 Å². The minimum Gasteiger partial charge on any atom is -0.238 e. The number of hydrogen-bond acceptors (Lipinski definition) is 2. The highest BCUT2D eigenvalue weighted by atomic mass is 15.2. The summed E-state index contributed by atoms with van der Waals surface area (Å²) in [6.45, 7) is 2.21. The molecule has 0 N–H and O–H groups in total. The number of nitriles is 1. The Labute approximate surface area is 147 Å². The molecule has 1 aliphatic heterocycles. The van der Waals surface area contributed by atoms with Gasteiger partial charge in [0.25, 0.3) is 0 Å². The molecule has 0 bridgehead atoms. The Morgan fingerprint density at radius 3 is 2.92 bits per heavy atom. The van der Waals surface area contributed by atoms with E-state index in [2.05, 4.69) is 67.0 Å². The quantitative estimate of drug-likeness (QED) is 0.787. The Morgan fingerprint density at radius 1 is 1.32 bits per heavy atom. The second-order valence-electron chi connectivity index (χ2n) is 6.61. The molecule has 0 aromatic carbocycles. The zero-order valence-electron chi connectivity index (χ0n) is 14.3. The molecule has 2 aliphatic rings. The van der Waals surface area contributed by atoms with E-state index in [0.717, 1.165) is 28.6 Å². The fraction of sp³-hybridized carbons (Fsp3) is 0.190. The number of pyridine rings is 1. The summed E-state index contributed by atoms with van der Waals surface area (Å²) in [6, 6.07) is 4.44. The molecule has 0 amide bonds. The summed E-state index contributed by atoms with van der Waals surface area (Å²) in [5, 5.41) is 13.9. The highest BCUT2D eigenvalue weighted by Gasteiger charge is 2.20. The third kappa shape index (κ3) is 2.74. The Hall–Kier alpha value is -3.19. The zero-order valence-corrected chi connectivity index (χ0v) is 14.3. The Bertz CT molecular complexity index is 1050. The van der Waals surface area contributed by atoms with Crippen molar-refractivity contribution in [1.82, 2.24) is 9.61 Å². The number of aromatic nitrogens is 2. The van der Waals surface area contributed by atoms with Gasteiger partial charge in [-0.1, -0.05) is 37.3 Å². The average molecular weight is 327 g/mol. The first kappa shape index (κ1) is 15.3. The SMILES string of the molecule is CC1/C=C(c2cc(C3=C[N+](C)=C3)cn3ncc(C#N)c23)\C=C/C=CC1. The van der Waals surface area contributed by atoms with Crippen LogP contribution in [0.5, 0.6) is 0 Å². The Balaban J connectivity index is 1.95. The van der Waals surface area contributed by atoms with Crippen LogP contribution in [0.15, 0.2) is 55.0 Å². The summed E-state index contributed by atoms with van der Waals surface area (Å²) < 4.78 is 3.86. The van der Waals surface area contributed by atoms with Crippen LogP contribution >= 0.6 is 0 Å². The topological polar surface area (TPSA) is 44.1 Å². The van der Waals surface area contributed by atoms with E-state index < -0.39 is 0 Å². The molecule has 0 spiro atoms. The van der Waals surface area contributed by atoms with Crippen LogP contribution in [-0.2, 0) is 0 Å². The Kier molecular flexibility index (Phi) is 3.70. The van der Waals surface area contributed by atoms with E-state index in [4.69, 9.17) is 0 Å². The van der Waals surface area contributed by atoms with Crippen molar-refractivity contribution < 1.29 is 4.58 Å². The van der Waals surface area contributed by atoms with Gasteiger partial charge in [-0.05, 0) is 24.0 Å². The highest BCUT2D eigenvalue weighted by molar-refractivity contribution is 6.10. The van der Waals surface area contributed by atoms with Crippen LogP contribution in [0.3, 0.4) is 0 Å². The van der Waals surface area contributed by atoms with Crippen LogP contribution in [0.25, 0.3) is 16.7 Å². The van der Waals surface area contributed by atoms with Crippen LogP contribution in [-0.4, -0.2) is 27.5 Å². The number of hydrogen-bond donors (Lipinski definition) is 0. The standard InChI is InChI=1S/C21H19N4/c1-15-6-4-3-5-7-16(8-15)20-9-17(19-12-24(2)13-19)14-25-21(20)18(10-22)11-23-25/h3-5,7-9,11-15H,6H2,1-2H3/q+1/b4-3?,7-5-,16-8+. The van der Waals surface area contributed by atoms with Crippen LogP contribution in [0.4, 0.5) is 0 Å². The predicted octanol–water partition coefficient (Wildman–Crippen LogP) is 3.81. The Morgan fingerprint density at radius 2 is 2.16 bits per heavy atom. The van der Waals surface area contributed by atoms with Gasteiger partial charge in [-0.15, -0.1) is 0 Å². The molecule has 0 saturated heterocycles. The molecular weight excluding hydrogens is 308 g/mol. The lowest BCUT2D eigenvalue weighted by Crippen LogP contribution is -2.12. The van der Waals surface area contributed by atoms with Gasteiger partial charge in [0.15, 0.2) is 12.4 Å². The highest BCUT2D eigenvalue weighted by Crippen LogP contribution is 2.30. The van der Waals surface area contributed by atoms with Crippen molar-refractivity contribution in [2.75, 3.05) is 7.05 Å². The third-order valence-electron chi connectivity index (χ3n) is 4.56. The molecular formula is C21H19N4+. The maximum absolute atomic E-state index is 9.49. The molecule has 4 nitrogen and oxygen atoms in total. The number of fused-ring (bicyclic) bond motifs is 1. The van der Waals surface area contributed by atoms with Crippen molar-refractivity contribution >= 4 is 22.9 Å².